The number of Topliss-reactive ketones (excluding diaryl/α,β-unsaturated/α-hetero) is 1. The smallest absolute Gasteiger partial charge is 0.231 e. The number of carbonyl (C=O) groups excluding carboxylic acids is 1. The fourth-order valence-electron chi connectivity index (χ4n) is 5.09. The molecule has 0 saturated carbocycles. The molecular formula is C29H26BrNO7. The molecule has 38 heavy (non-hydrogen) atoms. The summed E-state index contributed by atoms with van der Waals surface area (Å²) in [6, 6.07) is 11.6. The van der Waals surface area contributed by atoms with Crippen molar-refractivity contribution >= 4 is 27.8 Å². The lowest BCUT2D eigenvalue weighted by molar-refractivity contribution is -0.0165. The van der Waals surface area contributed by atoms with E-state index in [9.17, 15) is 4.79 Å². The summed E-state index contributed by atoms with van der Waals surface area (Å²) in [5, 5.41) is 0. The van der Waals surface area contributed by atoms with Gasteiger partial charge in [-0.3, -0.25) is 9.69 Å². The Labute approximate surface area is 228 Å². The Kier molecular flexibility index (Phi) is 6.51. The number of hydrogen-bond acceptors (Lipinski definition) is 8. The molecule has 0 amide bonds. The van der Waals surface area contributed by atoms with Crippen LogP contribution in [0.25, 0.3) is 6.08 Å². The number of benzene rings is 3. The molecule has 6 rings (SSSR count). The Morgan fingerprint density at radius 2 is 1.84 bits per heavy atom. The molecule has 8 nitrogen and oxygen atoms in total. The number of halogens is 1. The fourth-order valence-corrected chi connectivity index (χ4v) is 5.62. The second kappa shape index (κ2) is 9.98. The molecule has 0 bridgehead atoms. The van der Waals surface area contributed by atoms with Gasteiger partial charge in [0.15, 0.2) is 24.1 Å². The predicted octanol–water partition coefficient (Wildman–Crippen LogP) is 5.61. The zero-order valence-corrected chi connectivity index (χ0v) is 22.8. The van der Waals surface area contributed by atoms with E-state index in [4.69, 9.17) is 28.4 Å². The maximum atomic E-state index is 13.4. The zero-order valence-electron chi connectivity index (χ0n) is 21.3. The second-order valence-electron chi connectivity index (χ2n) is 9.35. The Bertz CT molecular complexity index is 1480. The van der Waals surface area contributed by atoms with Gasteiger partial charge in [-0.05, 0) is 48.9 Å². The molecule has 0 atom stereocenters. The lowest BCUT2D eigenvalue weighted by atomic mass is 9.99. The number of nitrogens with zero attached hydrogens (tertiary/aromatic N) is 1. The van der Waals surface area contributed by atoms with Crippen LogP contribution in [0.2, 0.25) is 0 Å². The molecule has 3 aromatic carbocycles. The van der Waals surface area contributed by atoms with E-state index in [1.165, 1.54) is 0 Å². The van der Waals surface area contributed by atoms with Gasteiger partial charge in [-0.2, -0.15) is 0 Å². The van der Waals surface area contributed by atoms with Crippen molar-refractivity contribution in [3.63, 3.8) is 0 Å². The first-order valence-electron chi connectivity index (χ1n) is 12.1. The SMILES string of the molecule is COc1ccc(CN2COc3c(cc4c(c3C)O/C(=C\c3cc(Br)cc5c3OCOC5)C4=O)C2)cc1OC. The van der Waals surface area contributed by atoms with Gasteiger partial charge in [-0.15, -0.1) is 0 Å². The van der Waals surface area contributed by atoms with Gasteiger partial charge in [0.2, 0.25) is 5.78 Å². The van der Waals surface area contributed by atoms with Crippen molar-refractivity contribution in [3.8, 4) is 28.7 Å². The summed E-state index contributed by atoms with van der Waals surface area (Å²) in [4.78, 5) is 15.6. The highest BCUT2D eigenvalue weighted by Crippen LogP contribution is 2.44. The quantitative estimate of drug-likeness (QED) is 0.361. The van der Waals surface area contributed by atoms with Crippen LogP contribution in [0.4, 0.5) is 0 Å². The van der Waals surface area contributed by atoms with Crippen LogP contribution in [-0.4, -0.2) is 38.4 Å². The second-order valence-corrected chi connectivity index (χ2v) is 10.3. The van der Waals surface area contributed by atoms with Crippen molar-refractivity contribution in [2.75, 3.05) is 27.7 Å². The third kappa shape index (κ3) is 4.40. The van der Waals surface area contributed by atoms with Gasteiger partial charge in [0.05, 0.1) is 26.4 Å². The molecule has 0 spiro atoms. The molecule has 0 fully saturated rings. The van der Waals surface area contributed by atoms with Crippen molar-refractivity contribution in [3.05, 3.63) is 80.0 Å². The Hall–Kier alpha value is -3.53. The van der Waals surface area contributed by atoms with Gasteiger partial charge < -0.3 is 28.4 Å². The van der Waals surface area contributed by atoms with Crippen LogP contribution in [0.3, 0.4) is 0 Å². The van der Waals surface area contributed by atoms with E-state index in [-0.39, 0.29) is 18.3 Å². The summed E-state index contributed by atoms with van der Waals surface area (Å²) in [5.41, 5.74) is 5.05. The topological polar surface area (TPSA) is 75.7 Å². The molecule has 0 unspecified atom stereocenters. The third-order valence-corrected chi connectivity index (χ3v) is 7.30. The van der Waals surface area contributed by atoms with E-state index in [2.05, 4.69) is 20.8 Å². The number of hydrogen-bond donors (Lipinski definition) is 0. The monoisotopic (exact) mass is 579 g/mol. The highest BCUT2D eigenvalue weighted by molar-refractivity contribution is 9.10. The number of ketones is 1. The van der Waals surface area contributed by atoms with Crippen LogP contribution in [-0.2, 0) is 24.4 Å². The summed E-state index contributed by atoms with van der Waals surface area (Å²) in [6.45, 7) is 4.26. The average Bonchev–Trinajstić information content (AvgIpc) is 3.23. The van der Waals surface area contributed by atoms with Crippen LogP contribution < -0.4 is 23.7 Å². The fraction of sp³-hybridized carbons (Fsp3) is 0.276. The summed E-state index contributed by atoms with van der Waals surface area (Å²) in [7, 11) is 3.24. The molecule has 0 saturated heterocycles. The van der Waals surface area contributed by atoms with Crippen LogP contribution in [0, 0.1) is 6.92 Å². The molecule has 3 aliphatic rings. The van der Waals surface area contributed by atoms with Crippen LogP contribution in [0.15, 0.2) is 46.6 Å². The number of rotatable bonds is 5. The molecule has 196 valence electrons. The summed E-state index contributed by atoms with van der Waals surface area (Å²) < 4.78 is 35.1. The third-order valence-electron chi connectivity index (χ3n) is 6.85. The van der Waals surface area contributed by atoms with E-state index in [1.807, 2.05) is 43.3 Å². The van der Waals surface area contributed by atoms with Gasteiger partial charge in [0, 0.05) is 39.8 Å². The Morgan fingerprint density at radius 3 is 2.66 bits per heavy atom. The van der Waals surface area contributed by atoms with Gasteiger partial charge in [0.1, 0.15) is 24.0 Å². The van der Waals surface area contributed by atoms with Gasteiger partial charge in [0.25, 0.3) is 0 Å². The molecule has 9 heteroatoms. The highest BCUT2D eigenvalue weighted by Gasteiger charge is 2.34. The largest absolute Gasteiger partial charge is 0.493 e. The summed E-state index contributed by atoms with van der Waals surface area (Å²) in [6.07, 6.45) is 1.74. The normalized spacial score (nSPS) is 17.2. The molecule has 3 aromatic rings. The minimum Gasteiger partial charge on any atom is -0.493 e. The standard InChI is InChI=1S/C29H26BrNO7/c1-16-27-19(12-31(14-36-27)11-17-4-5-23(33-2)24(6-17)34-3)9-22-26(32)25(38-28(16)22)10-18-7-21(30)8-20-13-35-15-37-29(18)20/h4-10H,11-15H2,1-3H3/b25-10-. The van der Waals surface area contributed by atoms with Crippen molar-refractivity contribution in [2.24, 2.45) is 0 Å². The van der Waals surface area contributed by atoms with Gasteiger partial charge >= 0.3 is 0 Å². The minimum absolute atomic E-state index is 0.163. The van der Waals surface area contributed by atoms with Gasteiger partial charge in [-0.25, -0.2) is 0 Å². The molecule has 3 aliphatic heterocycles. The number of fused-ring (bicyclic) bond motifs is 3. The summed E-state index contributed by atoms with van der Waals surface area (Å²) in [5.74, 6) is 3.47. The van der Waals surface area contributed by atoms with Gasteiger partial charge in [-0.1, -0.05) is 22.0 Å². The lowest BCUT2D eigenvalue weighted by Crippen LogP contribution is -2.32. The molecular weight excluding hydrogens is 554 g/mol. The van der Waals surface area contributed by atoms with Crippen molar-refractivity contribution in [1.82, 2.24) is 4.90 Å². The van der Waals surface area contributed by atoms with Crippen molar-refractivity contribution < 1.29 is 33.2 Å². The molecule has 3 heterocycles. The first-order chi connectivity index (χ1) is 18.4. The van der Waals surface area contributed by atoms with Crippen LogP contribution in [0.1, 0.15) is 38.2 Å². The maximum absolute atomic E-state index is 13.4. The van der Waals surface area contributed by atoms with E-state index in [1.54, 1.807) is 20.3 Å². The minimum atomic E-state index is -0.163. The maximum Gasteiger partial charge on any atom is 0.231 e. The van der Waals surface area contributed by atoms with E-state index >= 15 is 0 Å². The van der Waals surface area contributed by atoms with Crippen molar-refractivity contribution in [2.45, 2.75) is 26.6 Å². The average molecular weight is 580 g/mol. The lowest BCUT2D eigenvalue weighted by Gasteiger charge is -2.30. The van der Waals surface area contributed by atoms with Crippen molar-refractivity contribution in [1.29, 1.82) is 0 Å². The number of methoxy groups -OCH3 is 2. The Balaban J connectivity index is 1.27. The first-order valence-corrected chi connectivity index (χ1v) is 12.9. The van der Waals surface area contributed by atoms with E-state index in [0.717, 1.165) is 38.0 Å². The summed E-state index contributed by atoms with van der Waals surface area (Å²) >= 11 is 3.53. The first kappa shape index (κ1) is 24.8. The van der Waals surface area contributed by atoms with Crippen LogP contribution in [0.5, 0.6) is 28.7 Å². The predicted molar refractivity (Wildman–Crippen MR) is 143 cm³/mol. The number of carbonyl (C=O) groups is 1. The highest BCUT2D eigenvalue weighted by atomic mass is 79.9. The molecule has 0 aliphatic carbocycles. The Morgan fingerprint density at radius 1 is 1.00 bits per heavy atom. The van der Waals surface area contributed by atoms with E-state index < -0.39 is 0 Å². The molecule has 0 N–H and O–H groups in total. The zero-order chi connectivity index (χ0) is 26.4. The molecule has 0 aromatic heterocycles. The van der Waals surface area contributed by atoms with E-state index in [0.29, 0.717) is 55.0 Å². The molecule has 0 radical (unpaired) electrons. The number of ether oxygens (including phenoxy) is 6. The van der Waals surface area contributed by atoms with Crippen LogP contribution >= 0.6 is 15.9 Å². The number of allylic oxidation sites excluding steroid dienone is 1.